The lowest BCUT2D eigenvalue weighted by Gasteiger charge is -2.57. The number of anilines is 4. The average Bonchev–Trinajstić information content (AvgIpc) is 4.14. The molecule has 2 bridgehead atoms. The lowest BCUT2D eigenvalue weighted by molar-refractivity contribution is -0.154. The number of hydrogen-bond acceptors (Lipinski definition) is 13. The predicted molar refractivity (Wildman–Crippen MR) is 264 cm³/mol. The number of amides is 6. The minimum atomic E-state index is -1.18. The molecule has 8 heterocycles. The number of rotatable bonds is 15. The van der Waals surface area contributed by atoms with E-state index in [4.69, 9.17) is 14.5 Å². The molecule has 18 nitrogen and oxygen atoms in total. The molecule has 4 N–H and O–H groups in total. The van der Waals surface area contributed by atoms with Crippen LogP contribution in [0, 0.1) is 17.2 Å². The summed E-state index contributed by atoms with van der Waals surface area (Å²) in [6.45, 7) is 5.16. The normalized spacial score (nSPS) is 21.4. The number of benzene rings is 3. The monoisotopic (exact) mass is 978 g/mol. The van der Waals surface area contributed by atoms with Gasteiger partial charge >= 0.3 is 0 Å². The molecule has 3 unspecified atom stereocenters. The average molecular weight is 979 g/mol. The van der Waals surface area contributed by atoms with Crippen LogP contribution in [-0.2, 0) is 30.5 Å². The molecule has 3 aromatic carbocycles. The Balaban J connectivity index is 0.634. The van der Waals surface area contributed by atoms with Crippen molar-refractivity contribution in [3.8, 4) is 17.2 Å². The number of piperazine rings is 1. The number of nitrogens with zero attached hydrogens (tertiary/aromatic N) is 6. The fourth-order valence-electron chi connectivity index (χ4n) is 11.0. The SMILES string of the molecule is COc1cc2c(Oc3ccc(NC(=O)C4(C(=O)Nc5ccc(F)cc5)CC4)cc3)ccnc2cc1N1CCC(CN2CC3CC(C2)N3C(=O)CCNc2cc3c(cn2)C(=O)N(C2CCC(=O)NC2=O)C3)CC1. The number of piperidine rings is 3. The number of hydrogen-bond donors (Lipinski definition) is 4. The van der Waals surface area contributed by atoms with Crippen molar-refractivity contribution >= 4 is 69.2 Å². The van der Waals surface area contributed by atoms with Gasteiger partial charge in [0.05, 0.1) is 23.9 Å². The fourth-order valence-corrected chi connectivity index (χ4v) is 11.0. The number of ether oxygens (including phenoxy) is 2. The molecule has 6 amide bonds. The molecule has 19 heteroatoms. The molecule has 72 heavy (non-hydrogen) atoms. The molecule has 3 atom stereocenters. The summed E-state index contributed by atoms with van der Waals surface area (Å²) in [5.74, 6) is 0.827. The second kappa shape index (κ2) is 19.2. The lowest BCUT2D eigenvalue weighted by atomic mass is 9.85. The molecule has 372 valence electrons. The molecule has 2 aromatic heterocycles. The summed E-state index contributed by atoms with van der Waals surface area (Å²) in [4.78, 5) is 94.4. The molecule has 6 fully saturated rings. The van der Waals surface area contributed by atoms with Gasteiger partial charge in [-0.2, -0.15) is 0 Å². The van der Waals surface area contributed by atoms with Crippen LogP contribution in [0.15, 0.2) is 85.2 Å². The van der Waals surface area contributed by atoms with E-state index in [1.54, 1.807) is 49.7 Å². The zero-order valence-corrected chi connectivity index (χ0v) is 39.8. The van der Waals surface area contributed by atoms with Gasteiger partial charge < -0.3 is 40.1 Å². The highest BCUT2D eigenvalue weighted by Gasteiger charge is 2.56. The van der Waals surface area contributed by atoms with Crippen LogP contribution in [0.1, 0.15) is 67.3 Å². The molecule has 5 saturated heterocycles. The highest BCUT2D eigenvalue weighted by atomic mass is 19.1. The number of halogens is 1. The highest BCUT2D eigenvalue weighted by Crippen LogP contribution is 2.48. The van der Waals surface area contributed by atoms with Gasteiger partial charge in [0, 0.05) is 99.9 Å². The van der Waals surface area contributed by atoms with Crippen molar-refractivity contribution in [3.63, 3.8) is 0 Å². The Hall–Kier alpha value is -7.67. The van der Waals surface area contributed by atoms with Crippen LogP contribution >= 0.6 is 0 Å². The standard InChI is InChI=1S/C53H55FN10O8/c1-71-45-24-39-41(55-18-12-44(39)72-38-8-6-35(7-9-38)59-52(70)53(16-17-53)51(69)58-34-4-2-33(54)3-5-34)25-43(45)62-20-14-31(15-21-62)27-61-29-36-23-37(30-61)64(36)48(66)13-19-56-46-22-32-28-63(50(68)40(32)26-57-46)42-10-11-47(65)60-49(42)67/h2-9,12,18,22,24-26,31,36-37,42H,10-11,13-17,19-21,23,27-30H2,1H3,(H,56,57)(H,58,69)(H,59,70)(H,60,65,67). The zero-order chi connectivity index (χ0) is 49.7. The van der Waals surface area contributed by atoms with Crippen LogP contribution in [0.2, 0.25) is 0 Å². The van der Waals surface area contributed by atoms with Crippen molar-refractivity contribution < 1.29 is 42.6 Å². The summed E-state index contributed by atoms with van der Waals surface area (Å²) < 4.78 is 25.6. The van der Waals surface area contributed by atoms with Crippen molar-refractivity contribution in [1.82, 2.24) is 30.0 Å². The van der Waals surface area contributed by atoms with Gasteiger partial charge in [0.1, 0.15) is 40.3 Å². The molecular weight excluding hydrogens is 924 g/mol. The number of carbonyl (C=O) groups excluding carboxylic acids is 6. The van der Waals surface area contributed by atoms with E-state index >= 15 is 0 Å². The van der Waals surface area contributed by atoms with Gasteiger partial charge in [0.2, 0.25) is 29.5 Å². The minimum absolute atomic E-state index is 0.129. The van der Waals surface area contributed by atoms with Crippen LogP contribution < -0.4 is 35.6 Å². The third-order valence-electron chi connectivity index (χ3n) is 15.1. The van der Waals surface area contributed by atoms with Crippen LogP contribution in [0.4, 0.5) is 27.3 Å². The van der Waals surface area contributed by atoms with E-state index in [-0.39, 0.29) is 42.8 Å². The molecule has 12 rings (SSSR count). The van der Waals surface area contributed by atoms with E-state index in [0.717, 1.165) is 79.9 Å². The Morgan fingerprint density at radius 2 is 1.57 bits per heavy atom. The number of imide groups is 1. The number of fused-ring (bicyclic) bond motifs is 4. The lowest BCUT2D eigenvalue weighted by Crippen LogP contribution is -2.70. The Labute approximate surface area is 414 Å². The van der Waals surface area contributed by atoms with E-state index < -0.39 is 35.0 Å². The van der Waals surface area contributed by atoms with Crippen molar-refractivity contribution in [2.24, 2.45) is 11.3 Å². The Morgan fingerprint density at radius 1 is 0.861 bits per heavy atom. The van der Waals surface area contributed by atoms with Gasteiger partial charge in [-0.1, -0.05) is 0 Å². The topological polar surface area (TPSA) is 208 Å². The van der Waals surface area contributed by atoms with Gasteiger partial charge in [-0.25, -0.2) is 9.37 Å². The third kappa shape index (κ3) is 9.24. The maximum atomic E-state index is 13.4. The van der Waals surface area contributed by atoms with Crippen LogP contribution in [-0.4, -0.2) is 125 Å². The molecule has 7 aliphatic rings. The van der Waals surface area contributed by atoms with Crippen molar-refractivity contribution in [1.29, 1.82) is 0 Å². The summed E-state index contributed by atoms with van der Waals surface area (Å²) in [5, 5.41) is 12.0. The molecule has 1 saturated carbocycles. The summed E-state index contributed by atoms with van der Waals surface area (Å²) in [5.41, 5.74) is 2.72. The van der Waals surface area contributed by atoms with Crippen molar-refractivity contribution in [2.45, 2.75) is 76.0 Å². The van der Waals surface area contributed by atoms with Crippen LogP contribution in [0.3, 0.4) is 0 Å². The summed E-state index contributed by atoms with van der Waals surface area (Å²) in [7, 11) is 1.67. The van der Waals surface area contributed by atoms with E-state index in [9.17, 15) is 33.2 Å². The Kier molecular flexibility index (Phi) is 12.4. The largest absolute Gasteiger partial charge is 0.495 e. The van der Waals surface area contributed by atoms with Gasteiger partial charge in [-0.15, -0.1) is 0 Å². The van der Waals surface area contributed by atoms with Crippen molar-refractivity contribution in [2.75, 3.05) is 67.2 Å². The summed E-state index contributed by atoms with van der Waals surface area (Å²) >= 11 is 0. The predicted octanol–water partition coefficient (Wildman–Crippen LogP) is 5.69. The summed E-state index contributed by atoms with van der Waals surface area (Å²) in [6, 6.07) is 19.8. The van der Waals surface area contributed by atoms with E-state index in [2.05, 4.69) is 47.0 Å². The fraction of sp³-hybridized carbons (Fsp3) is 0.396. The molecule has 0 radical (unpaired) electrons. The maximum absolute atomic E-state index is 13.4. The van der Waals surface area contributed by atoms with E-state index in [1.807, 2.05) is 6.07 Å². The van der Waals surface area contributed by atoms with E-state index in [1.165, 1.54) is 35.4 Å². The van der Waals surface area contributed by atoms with Gasteiger partial charge in [0.15, 0.2) is 0 Å². The number of carbonyl (C=O) groups is 6. The Bertz CT molecular complexity index is 2970. The number of nitrogens with one attached hydrogen (secondary N) is 4. The first-order chi connectivity index (χ1) is 34.9. The second-order valence-electron chi connectivity index (χ2n) is 19.8. The smallest absolute Gasteiger partial charge is 0.256 e. The van der Waals surface area contributed by atoms with Crippen molar-refractivity contribution in [3.05, 3.63) is 102 Å². The van der Waals surface area contributed by atoms with Gasteiger partial charge in [-0.05, 0) is 123 Å². The molecule has 0 spiro atoms. The molecule has 5 aromatic rings. The maximum Gasteiger partial charge on any atom is 0.256 e. The minimum Gasteiger partial charge on any atom is -0.495 e. The molecular formula is C53H55FN10O8. The zero-order valence-electron chi connectivity index (χ0n) is 39.8. The first-order valence-corrected chi connectivity index (χ1v) is 24.7. The molecule has 1 aliphatic carbocycles. The number of methoxy groups -OCH3 is 1. The number of pyridine rings is 2. The van der Waals surface area contributed by atoms with Crippen LogP contribution in [0.25, 0.3) is 10.9 Å². The van der Waals surface area contributed by atoms with Gasteiger partial charge in [-0.3, -0.25) is 44.0 Å². The van der Waals surface area contributed by atoms with Crippen LogP contribution in [0.5, 0.6) is 17.2 Å². The first-order valence-electron chi connectivity index (χ1n) is 24.7. The Morgan fingerprint density at radius 3 is 2.25 bits per heavy atom. The number of aromatic nitrogens is 2. The first kappa shape index (κ1) is 46.7. The van der Waals surface area contributed by atoms with Gasteiger partial charge in [0.25, 0.3) is 5.91 Å². The third-order valence-corrected chi connectivity index (χ3v) is 15.1. The van der Waals surface area contributed by atoms with E-state index in [0.29, 0.717) is 72.4 Å². The second-order valence-corrected chi connectivity index (χ2v) is 19.8. The highest BCUT2D eigenvalue weighted by molar-refractivity contribution is 6.17. The molecule has 6 aliphatic heterocycles. The summed E-state index contributed by atoms with van der Waals surface area (Å²) in [6.07, 6.45) is 7.98. The quantitative estimate of drug-likeness (QED) is 0.0736.